The Morgan fingerprint density at radius 2 is 2.10 bits per heavy atom. The molecule has 110 valence electrons. The zero-order chi connectivity index (χ0) is 13.9. The summed E-state index contributed by atoms with van der Waals surface area (Å²) in [4.78, 5) is 2.42. The highest BCUT2D eigenvalue weighted by Gasteiger charge is 2.32. The fourth-order valence-electron chi connectivity index (χ4n) is 3.08. The standard InChI is InChI=1S/C16H23FN2O/c1-20-15-4-2-3-13(16(15)17)14(11-12-5-6-12)19-9-7-18-8-10-19/h2-4,12,14,18H,5-11H2,1H3/t14-/m0/s1. The summed E-state index contributed by atoms with van der Waals surface area (Å²) < 4.78 is 19.7. The molecule has 0 bridgehead atoms. The number of methoxy groups -OCH3 is 1. The molecule has 1 aromatic rings. The maximum atomic E-state index is 14.6. The molecule has 4 heteroatoms. The number of hydrogen-bond acceptors (Lipinski definition) is 3. The number of nitrogens with zero attached hydrogens (tertiary/aromatic N) is 1. The molecule has 0 unspecified atom stereocenters. The first-order valence-electron chi connectivity index (χ1n) is 7.56. The normalized spacial score (nSPS) is 21.7. The van der Waals surface area contributed by atoms with Crippen LogP contribution in [0.15, 0.2) is 18.2 Å². The van der Waals surface area contributed by atoms with Crippen molar-refractivity contribution >= 4 is 0 Å². The van der Waals surface area contributed by atoms with E-state index in [2.05, 4.69) is 10.2 Å². The van der Waals surface area contributed by atoms with Gasteiger partial charge in [0.2, 0.25) is 0 Å². The second-order valence-electron chi connectivity index (χ2n) is 5.84. The largest absolute Gasteiger partial charge is 0.494 e. The highest BCUT2D eigenvalue weighted by atomic mass is 19.1. The number of piperazine rings is 1. The third kappa shape index (κ3) is 2.96. The van der Waals surface area contributed by atoms with Crippen LogP contribution >= 0.6 is 0 Å². The molecule has 1 aliphatic carbocycles. The molecular weight excluding hydrogens is 255 g/mol. The second kappa shape index (κ2) is 6.10. The quantitative estimate of drug-likeness (QED) is 0.896. The molecule has 0 radical (unpaired) electrons. The lowest BCUT2D eigenvalue weighted by Gasteiger charge is -2.35. The van der Waals surface area contributed by atoms with Gasteiger partial charge in [0.05, 0.1) is 7.11 Å². The molecule has 20 heavy (non-hydrogen) atoms. The van der Waals surface area contributed by atoms with Crippen LogP contribution in [-0.4, -0.2) is 38.2 Å². The summed E-state index contributed by atoms with van der Waals surface area (Å²) in [5, 5.41) is 3.37. The first-order valence-corrected chi connectivity index (χ1v) is 7.56. The van der Waals surface area contributed by atoms with E-state index in [1.165, 1.54) is 20.0 Å². The summed E-state index contributed by atoms with van der Waals surface area (Å²) in [6.45, 7) is 3.97. The summed E-state index contributed by atoms with van der Waals surface area (Å²) in [5.41, 5.74) is 0.804. The third-order valence-electron chi connectivity index (χ3n) is 4.42. The predicted molar refractivity (Wildman–Crippen MR) is 77.5 cm³/mol. The van der Waals surface area contributed by atoms with Crippen LogP contribution in [0.1, 0.15) is 30.9 Å². The predicted octanol–water partition coefficient (Wildman–Crippen LogP) is 2.58. The highest BCUT2D eigenvalue weighted by molar-refractivity contribution is 5.33. The Morgan fingerprint density at radius 1 is 1.35 bits per heavy atom. The van der Waals surface area contributed by atoms with Crippen molar-refractivity contribution in [3.05, 3.63) is 29.6 Å². The Balaban J connectivity index is 1.87. The lowest BCUT2D eigenvalue weighted by molar-refractivity contribution is 0.156. The van der Waals surface area contributed by atoms with Crippen LogP contribution in [0.2, 0.25) is 0 Å². The van der Waals surface area contributed by atoms with Gasteiger partial charge in [-0.25, -0.2) is 4.39 Å². The number of benzene rings is 1. The van der Waals surface area contributed by atoms with Crippen LogP contribution in [0, 0.1) is 11.7 Å². The molecule has 2 aliphatic rings. The number of hydrogen-bond donors (Lipinski definition) is 1. The van der Waals surface area contributed by atoms with Crippen molar-refractivity contribution in [2.24, 2.45) is 5.92 Å². The zero-order valence-electron chi connectivity index (χ0n) is 12.1. The van der Waals surface area contributed by atoms with Gasteiger partial charge < -0.3 is 10.1 Å². The summed E-state index contributed by atoms with van der Waals surface area (Å²) in [5.74, 6) is 0.957. The van der Waals surface area contributed by atoms with Gasteiger partial charge in [-0.1, -0.05) is 25.0 Å². The van der Waals surface area contributed by atoms with Gasteiger partial charge in [-0.2, -0.15) is 0 Å². The molecule has 1 saturated carbocycles. The molecule has 0 aromatic heterocycles. The van der Waals surface area contributed by atoms with Crippen molar-refractivity contribution in [3.63, 3.8) is 0 Å². The van der Waals surface area contributed by atoms with E-state index < -0.39 is 0 Å². The Kier molecular flexibility index (Phi) is 4.22. The molecule has 3 rings (SSSR count). The third-order valence-corrected chi connectivity index (χ3v) is 4.42. The van der Waals surface area contributed by atoms with Gasteiger partial charge in [0.25, 0.3) is 0 Å². The maximum absolute atomic E-state index is 14.6. The fraction of sp³-hybridized carbons (Fsp3) is 0.625. The van der Waals surface area contributed by atoms with E-state index in [0.29, 0.717) is 5.75 Å². The van der Waals surface area contributed by atoms with E-state index in [4.69, 9.17) is 4.74 Å². The molecule has 1 atom stereocenters. The SMILES string of the molecule is COc1cccc([C@H](CC2CC2)N2CCNCC2)c1F. The number of ether oxygens (including phenoxy) is 1. The summed E-state index contributed by atoms with van der Waals surface area (Å²) in [6, 6.07) is 5.72. The second-order valence-corrected chi connectivity index (χ2v) is 5.84. The number of nitrogens with one attached hydrogen (secondary N) is 1. The van der Waals surface area contributed by atoms with Crippen LogP contribution in [-0.2, 0) is 0 Å². The molecule has 1 N–H and O–H groups in total. The van der Waals surface area contributed by atoms with Crippen molar-refractivity contribution in [1.29, 1.82) is 0 Å². The van der Waals surface area contributed by atoms with Crippen molar-refractivity contribution < 1.29 is 9.13 Å². The van der Waals surface area contributed by atoms with Crippen LogP contribution < -0.4 is 10.1 Å². The zero-order valence-corrected chi connectivity index (χ0v) is 12.1. The Labute approximate surface area is 120 Å². The molecule has 3 nitrogen and oxygen atoms in total. The van der Waals surface area contributed by atoms with E-state index in [0.717, 1.165) is 44.1 Å². The van der Waals surface area contributed by atoms with E-state index in [1.54, 1.807) is 6.07 Å². The van der Waals surface area contributed by atoms with E-state index in [9.17, 15) is 4.39 Å². The Morgan fingerprint density at radius 3 is 2.75 bits per heavy atom. The Bertz CT molecular complexity index is 456. The van der Waals surface area contributed by atoms with E-state index in [1.807, 2.05) is 12.1 Å². The lowest BCUT2D eigenvalue weighted by Crippen LogP contribution is -2.45. The molecule has 0 spiro atoms. The molecular formula is C16H23FN2O. The van der Waals surface area contributed by atoms with Crippen LogP contribution in [0.5, 0.6) is 5.75 Å². The van der Waals surface area contributed by atoms with Crippen molar-refractivity contribution in [1.82, 2.24) is 10.2 Å². The van der Waals surface area contributed by atoms with Crippen LogP contribution in [0.3, 0.4) is 0 Å². The molecule has 2 fully saturated rings. The van der Waals surface area contributed by atoms with Gasteiger partial charge >= 0.3 is 0 Å². The first-order chi connectivity index (χ1) is 9.79. The maximum Gasteiger partial charge on any atom is 0.169 e. The van der Waals surface area contributed by atoms with Crippen molar-refractivity contribution in [2.75, 3.05) is 33.3 Å². The minimum atomic E-state index is -0.181. The van der Waals surface area contributed by atoms with Gasteiger partial charge in [-0.3, -0.25) is 4.90 Å². The average Bonchev–Trinajstić information content (AvgIpc) is 3.30. The highest BCUT2D eigenvalue weighted by Crippen LogP contribution is 2.41. The van der Waals surface area contributed by atoms with Gasteiger partial charge in [-0.05, 0) is 18.4 Å². The molecule has 1 aliphatic heterocycles. The van der Waals surface area contributed by atoms with Gasteiger partial charge in [0.15, 0.2) is 11.6 Å². The van der Waals surface area contributed by atoms with Crippen LogP contribution in [0.25, 0.3) is 0 Å². The molecule has 0 amide bonds. The monoisotopic (exact) mass is 278 g/mol. The first kappa shape index (κ1) is 13.8. The molecule has 1 heterocycles. The minimum absolute atomic E-state index is 0.181. The van der Waals surface area contributed by atoms with E-state index >= 15 is 0 Å². The van der Waals surface area contributed by atoms with Gasteiger partial charge in [0.1, 0.15) is 0 Å². The summed E-state index contributed by atoms with van der Waals surface area (Å²) in [6.07, 6.45) is 3.67. The molecule has 1 aromatic carbocycles. The van der Waals surface area contributed by atoms with Crippen LogP contribution in [0.4, 0.5) is 4.39 Å². The summed E-state index contributed by atoms with van der Waals surface area (Å²) >= 11 is 0. The van der Waals surface area contributed by atoms with Crippen molar-refractivity contribution in [3.8, 4) is 5.75 Å². The molecule has 1 saturated heterocycles. The topological polar surface area (TPSA) is 24.5 Å². The van der Waals surface area contributed by atoms with Crippen molar-refractivity contribution in [2.45, 2.75) is 25.3 Å². The fourth-order valence-corrected chi connectivity index (χ4v) is 3.08. The lowest BCUT2D eigenvalue weighted by atomic mass is 9.97. The van der Waals surface area contributed by atoms with E-state index in [-0.39, 0.29) is 11.9 Å². The van der Waals surface area contributed by atoms with Gasteiger partial charge in [-0.15, -0.1) is 0 Å². The smallest absolute Gasteiger partial charge is 0.169 e. The summed E-state index contributed by atoms with van der Waals surface area (Å²) in [7, 11) is 1.53. The minimum Gasteiger partial charge on any atom is -0.494 e. The number of halogens is 1. The average molecular weight is 278 g/mol. The number of rotatable bonds is 5. The Hall–Kier alpha value is -1.13. The van der Waals surface area contributed by atoms with Gasteiger partial charge in [0, 0.05) is 37.8 Å².